The molecule has 0 bridgehead atoms. The van der Waals surface area contributed by atoms with Gasteiger partial charge in [-0.2, -0.15) is 0 Å². The van der Waals surface area contributed by atoms with E-state index in [0.29, 0.717) is 6.54 Å². The average Bonchev–Trinajstić information content (AvgIpc) is 2.85. The minimum absolute atomic E-state index is 0.0256. The van der Waals surface area contributed by atoms with Crippen LogP contribution in [0.3, 0.4) is 0 Å². The molecule has 4 N–H and O–H groups in total. The van der Waals surface area contributed by atoms with E-state index in [2.05, 4.69) is 10.3 Å². The molecule has 0 saturated carbocycles. The third kappa shape index (κ3) is 2.24. The number of benzene rings is 1. The molecule has 1 atom stereocenters. The van der Waals surface area contributed by atoms with E-state index in [9.17, 15) is 4.79 Å². The number of hydrogen-bond acceptors (Lipinski definition) is 2. The van der Waals surface area contributed by atoms with Crippen molar-refractivity contribution >= 4 is 22.5 Å². The lowest BCUT2D eigenvalue weighted by Crippen LogP contribution is -2.39. The summed E-state index contributed by atoms with van der Waals surface area (Å²) in [6, 6.07) is 7.78. The molecule has 2 aromatic rings. The molecule has 1 heterocycles. The molecular formula is C14H19N3O. The summed E-state index contributed by atoms with van der Waals surface area (Å²) >= 11 is 0. The van der Waals surface area contributed by atoms with Gasteiger partial charge in [0, 0.05) is 29.3 Å². The van der Waals surface area contributed by atoms with Gasteiger partial charge in [0.1, 0.15) is 0 Å². The number of hydrogen-bond donors (Lipinski definition) is 3. The molecule has 1 aromatic carbocycles. The number of amides is 1. The van der Waals surface area contributed by atoms with Crippen molar-refractivity contribution in [1.29, 1.82) is 0 Å². The van der Waals surface area contributed by atoms with E-state index in [0.717, 1.165) is 23.0 Å². The van der Waals surface area contributed by atoms with Crippen LogP contribution >= 0.6 is 0 Å². The van der Waals surface area contributed by atoms with E-state index < -0.39 is 5.41 Å². The van der Waals surface area contributed by atoms with E-state index in [-0.39, 0.29) is 5.91 Å². The maximum absolute atomic E-state index is 12.2. The second kappa shape index (κ2) is 4.82. The maximum Gasteiger partial charge on any atom is 0.231 e. The highest BCUT2D eigenvalue weighted by Crippen LogP contribution is 2.23. The number of nitrogens with two attached hydrogens (primary N) is 1. The summed E-state index contributed by atoms with van der Waals surface area (Å²) in [4.78, 5) is 15.3. The molecule has 4 heteroatoms. The number of fused-ring (bicyclic) bond motifs is 1. The average molecular weight is 245 g/mol. The summed E-state index contributed by atoms with van der Waals surface area (Å²) in [5.74, 6) is -0.0256. The SMILES string of the molecule is CCC(C)(CN)C(=O)Nc1ccc2[nH]ccc2c1. The van der Waals surface area contributed by atoms with Crippen molar-refractivity contribution in [3.8, 4) is 0 Å². The summed E-state index contributed by atoms with van der Waals surface area (Å²) < 4.78 is 0. The monoisotopic (exact) mass is 245 g/mol. The van der Waals surface area contributed by atoms with Gasteiger partial charge in [-0.15, -0.1) is 0 Å². The summed E-state index contributed by atoms with van der Waals surface area (Å²) in [7, 11) is 0. The van der Waals surface area contributed by atoms with Gasteiger partial charge in [0.2, 0.25) is 5.91 Å². The van der Waals surface area contributed by atoms with Crippen molar-refractivity contribution in [2.45, 2.75) is 20.3 Å². The highest BCUT2D eigenvalue weighted by atomic mass is 16.2. The molecule has 1 aromatic heterocycles. The van der Waals surface area contributed by atoms with Gasteiger partial charge in [-0.1, -0.05) is 6.92 Å². The highest BCUT2D eigenvalue weighted by molar-refractivity contribution is 5.97. The van der Waals surface area contributed by atoms with Gasteiger partial charge in [-0.3, -0.25) is 4.79 Å². The first-order chi connectivity index (χ1) is 8.59. The van der Waals surface area contributed by atoms with E-state index in [1.165, 1.54) is 0 Å². The number of nitrogens with one attached hydrogen (secondary N) is 2. The molecule has 1 unspecified atom stereocenters. The number of aromatic amines is 1. The van der Waals surface area contributed by atoms with Gasteiger partial charge >= 0.3 is 0 Å². The Morgan fingerprint density at radius 2 is 2.22 bits per heavy atom. The van der Waals surface area contributed by atoms with Crippen molar-refractivity contribution in [2.75, 3.05) is 11.9 Å². The number of carbonyl (C=O) groups excluding carboxylic acids is 1. The Morgan fingerprint density at radius 1 is 1.44 bits per heavy atom. The van der Waals surface area contributed by atoms with Crippen molar-refractivity contribution in [1.82, 2.24) is 4.98 Å². The first-order valence-corrected chi connectivity index (χ1v) is 6.18. The first kappa shape index (κ1) is 12.6. The molecule has 0 spiro atoms. The van der Waals surface area contributed by atoms with Crippen LogP contribution in [0.1, 0.15) is 20.3 Å². The number of aromatic nitrogens is 1. The molecule has 4 nitrogen and oxygen atoms in total. The molecule has 0 fully saturated rings. The van der Waals surface area contributed by atoms with Gasteiger partial charge in [0.05, 0.1) is 5.41 Å². The van der Waals surface area contributed by atoms with Crippen LogP contribution in [-0.4, -0.2) is 17.4 Å². The molecule has 1 amide bonds. The van der Waals surface area contributed by atoms with Crippen molar-refractivity contribution in [2.24, 2.45) is 11.1 Å². The molecule has 0 aliphatic carbocycles. The highest BCUT2D eigenvalue weighted by Gasteiger charge is 2.29. The fraction of sp³-hybridized carbons (Fsp3) is 0.357. The third-order valence-corrected chi connectivity index (χ3v) is 3.59. The zero-order valence-corrected chi connectivity index (χ0v) is 10.8. The van der Waals surface area contributed by atoms with E-state index >= 15 is 0 Å². The van der Waals surface area contributed by atoms with Crippen LogP contribution in [-0.2, 0) is 4.79 Å². The Bertz CT molecular complexity index is 555. The van der Waals surface area contributed by atoms with Crippen LogP contribution in [0, 0.1) is 5.41 Å². The van der Waals surface area contributed by atoms with Gasteiger partial charge < -0.3 is 16.0 Å². The van der Waals surface area contributed by atoms with E-state index in [1.54, 1.807) is 0 Å². The Morgan fingerprint density at radius 3 is 2.89 bits per heavy atom. The second-order valence-electron chi connectivity index (χ2n) is 4.85. The summed E-state index contributed by atoms with van der Waals surface area (Å²) in [5.41, 5.74) is 7.04. The van der Waals surface area contributed by atoms with Crippen molar-refractivity contribution in [3.63, 3.8) is 0 Å². The second-order valence-corrected chi connectivity index (χ2v) is 4.85. The lowest BCUT2D eigenvalue weighted by molar-refractivity contribution is -0.124. The molecule has 0 radical (unpaired) electrons. The van der Waals surface area contributed by atoms with Gasteiger partial charge in [0.25, 0.3) is 0 Å². The van der Waals surface area contributed by atoms with Gasteiger partial charge in [-0.25, -0.2) is 0 Å². The normalized spacial score (nSPS) is 14.4. The number of anilines is 1. The fourth-order valence-electron chi connectivity index (χ4n) is 1.81. The van der Waals surface area contributed by atoms with Crippen molar-refractivity contribution in [3.05, 3.63) is 30.5 Å². The zero-order chi connectivity index (χ0) is 13.2. The lowest BCUT2D eigenvalue weighted by atomic mass is 9.86. The predicted octanol–water partition coefficient (Wildman–Crippen LogP) is 2.48. The van der Waals surface area contributed by atoms with Gasteiger partial charge in [-0.05, 0) is 37.6 Å². The minimum atomic E-state index is -0.507. The Balaban J connectivity index is 2.20. The fourth-order valence-corrected chi connectivity index (χ4v) is 1.81. The quantitative estimate of drug-likeness (QED) is 0.774. The number of carbonyl (C=O) groups is 1. The van der Waals surface area contributed by atoms with Crippen LogP contribution in [0.25, 0.3) is 10.9 Å². The van der Waals surface area contributed by atoms with Crippen molar-refractivity contribution < 1.29 is 4.79 Å². The lowest BCUT2D eigenvalue weighted by Gasteiger charge is -2.24. The van der Waals surface area contributed by atoms with Crippen LogP contribution in [0.4, 0.5) is 5.69 Å². The Kier molecular flexibility index (Phi) is 3.39. The Hall–Kier alpha value is -1.81. The first-order valence-electron chi connectivity index (χ1n) is 6.18. The molecule has 0 aliphatic rings. The maximum atomic E-state index is 12.2. The van der Waals surface area contributed by atoms with Crippen LogP contribution in [0.15, 0.2) is 30.5 Å². The number of rotatable bonds is 4. The topological polar surface area (TPSA) is 70.9 Å². The molecule has 18 heavy (non-hydrogen) atoms. The summed E-state index contributed by atoms with van der Waals surface area (Å²) in [6.07, 6.45) is 2.61. The third-order valence-electron chi connectivity index (χ3n) is 3.59. The molecule has 96 valence electrons. The van der Waals surface area contributed by atoms with E-state index in [4.69, 9.17) is 5.73 Å². The molecule has 0 saturated heterocycles. The largest absolute Gasteiger partial charge is 0.361 e. The number of H-pyrrole nitrogens is 1. The Labute approximate surface area is 107 Å². The zero-order valence-electron chi connectivity index (χ0n) is 10.8. The molecule has 0 aliphatic heterocycles. The molecule has 2 rings (SSSR count). The smallest absolute Gasteiger partial charge is 0.231 e. The van der Waals surface area contributed by atoms with E-state index in [1.807, 2.05) is 44.3 Å². The minimum Gasteiger partial charge on any atom is -0.361 e. The summed E-state index contributed by atoms with van der Waals surface area (Å²) in [6.45, 7) is 4.21. The van der Waals surface area contributed by atoms with Crippen LogP contribution in [0.5, 0.6) is 0 Å². The standard InChI is InChI=1S/C14H19N3O/c1-3-14(2,9-15)13(18)17-11-4-5-12-10(8-11)6-7-16-12/h4-8,16H,3,9,15H2,1-2H3,(H,17,18). The van der Waals surface area contributed by atoms with Crippen LogP contribution in [0.2, 0.25) is 0 Å². The molecular weight excluding hydrogens is 226 g/mol. The summed E-state index contributed by atoms with van der Waals surface area (Å²) in [5, 5.41) is 4.02. The van der Waals surface area contributed by atoms with Crippen LogP contribution < -0.4 is 11.1 Å². The predicted molar refractivity (Wildman–Crippen MR) is 74.4 cm³/mol. The van der Waals surface area contributed by atoms with Gasteiger partial charge in [0.15, 0.2) is 0 Å².